The Morgan fingerprint density at radius 3 is 2.66 bits per heavy atom. The first-order valence-electron chi connectivity index (χ1n) is 10.0. The first-order valence-corrected chi connectivity index (χ1v) is 10.0. The number of hydrogen-bond donors (Lipinski definition) is 3. The Morgan fingerprint density at radius 1 is 1.31 bits per heavy atom. The second kappa shape index (κ2) is 8.24. The van der Waals surface area contributed by atoms with E-state index in [0.717, 1.165) is 38.2 Å². The van der Waals surface area contributed by atoms with Gasteiger partial charge in [0.05, 0.1) is 7.11 Å². The number of ether oxygens (including phenoxy) is 1. The van der Waals surface area contributed by atoms with Crippen LogP contribution in [-0.2, 0) is 0 Å². The summed E-state index contributed by atoms with van der Waals surface area (Å²) in [7, 11) is 1.69. The van der Waals surface area contributed by atoms with Crippen LogP contribution >= 0.6 is 0 Å². The third kappa shape index (κ3) is 4.42. The molecule has 1 saturated heterocycles. The zero-order valence-corrected chi connectivity index (χ0v) is 16.5. The van der Waals surface area contributed by atoms with Crippen molar-refractivity contribution in [1.82, 2.24) is 15.3 Å². The number of piperidine rings is 1. The van der Waals surface area contributed by atoms with E-state index < -0.39 is 5.91 Å². The lowest BCUT2D eigenvalue weighted by molar-refractivity contribution is 0.0996. The minimum Gasteiger partial charge on any atom is -0.497 e. The largest absolute Gasteiger partial charge is 0.497 e. The predicted molar refractivity (Wildman–Crippen MR) is 109 cm³/mol. The van der Waals surface area contributed by atoms with Crippen molar-refractivity contribution < 1.29 is 14.6 Å². The topological polar surface area (TPSA) is 114 Å². The van der Waals surface area contributed by atoms with Gasteiger partial charge < -0.3 is 25.8 Å². The zero-order chi connectivity index (χ0) is 20.4. The van der Waals surface area contributed by atoms with Crippen LogP contribution in [-0.4, -0.2) is 53.8 Å². The number of hydrogen-bond acceptors (Lipinski definition) is 7. The van der Waals surface area contributed by atoms with E-state index in [4.69, 9.17) is 10.5 Å². The number of nitrogens with one attached hydrogen (secondary N) is 1. The van der Waals surface area contributed by atoms with E-state index in [1.54, 1.807) is 7.11 Å². The average Bonchev–Trinajstić information content (AvgIpc) is 3.52. The Hall–Kier alpha value is -2.87. The molecule has 2 fully saturated rings. The van der Waals surface area contributed by atoms with Crippen molar-refractivity contribution in [2.24, 2.45) is 11.7 Å². The first-order chi connectivity index (χ1) is 14.0. The Kier molecular flexibility index (Phi) is 5.53. The summed E-state index contributed by atoms with van der Waals surface area (Å²) in [6.07, 6.45) is 4.55. The maximum Gasteiger partial charge on any atom is 0.255 e. The average molecular weight is 397 g/mol. The third-order valence-corrected chi connectivity index (χ3v) is 5.92. The number of primary amides is 1. The number of carbonyl (C=O) groups is 1. The molecule has 8 nitrogen and oxygen atoms in total. The molecule has 154 valence electrons. The lowest BCUT2D eigenvalue weighted by Crippen LogP contribution is -2.38. The van der Waals surface area contributed by atoms with E-state index in [1.807, 2.05) is 17.0 Å². The van der Waals surface area contributed by atoms with Crippen LogP contribution in [0.1, 0.15) is 41.1 Å². The maximum atomic E-state index is 11.2. The molecule has 29 heavy (non-hydrogen) atoms. The molecule has 1 aliphatic heterocycles. The molecule has 1 aliphatic carbocycles. The lowest BCUT2D eigenvalue weighted by Gasteiger charge is -2.32. The molecule has 4 N–H and O–H groups in total. The van der Waals surface area contributed by atoms with Crippen LogP contribution in [0, 0.1) is 5.92 Å². The summed E-state index contributed by atoms with van der Waals surface area (Å²) in [6, 6.07) is 8.92. The van der Waals surface area contributed by atoms with E-state index in [1.165, 1.54) is 18.2 Å². The molecule has 1 saturated carbocycles. The molecule has 0 bridgehead atoms. The molecular formula is C21H27N5O3. The summed E-state index contributed by atoms with van der Waals surface area (Å²) in [5, 5.41) is 13.6. The molecule has 2 aromatic rings. The molecule has 8 heteroatoms. The minimum atomic E-state index is -0.730. The van der Waals surface area contributed by atoms with Gasteiger partial charge in [0.1, 0.15) is 11.3 Å². The molecule has 2 aliphatic rings. The van der Waals surface area contributed by atoms with Crippen molar-refractivity contribution >= 4 is 11.9 Å². The number of aromatic hydroxyl groups is 1. The molecular weight excluding hydrogens is 370 g/mol. The van der Waals surface area contributed by atoms with Crippen molar-refractivity contribution in [3.8, 4) is 11.6 Å². The summed E-state index contributed by atoms with van der Waals surface area (Å²) < 4.78 is 5.22. The molecule has 2 heterocycles. The molecule has 2 unspecified atom stereocenters. The van der Waals surface area contributed by atoms with Crippen LogP contribution in [0.2, 0.25) is 0 Å². The van der Waals surface area contributed by atoms with Crippen LogP contribution in [0.25, 0.3) is 0 Å². The number of anilines is 1. The minimum absolute atomic E-state index is 0.0521. The van der Waals surface area contributed by atoms with Gasteiger partial charge in [0, 0.05) is 31.2 Å². The summed E-state index contributed by atoms with van der Waals surface area (Å²) in [5.41, 5.74) is 6.50. The van der Waals surface area contributed by atoms with E-state index in [0.29, 0.717) is 23.8 Å². The van der Waals surface area contributed by atoms with Gasteiger partial charge in [-0.25, -0.2) is 4.98 Å². The first kappa shape index (κ1) is 19.4. The normalized spacial score (nSPS) is 21.8. The molecule has 2 atom stereocenters. The highest BCUT2D eigenvalue weighted by Crippen LogP contribution is 2.41. The van der Waals surface area contributed by atoms with Crippen molar-refractivity contribution in [3.05, 3.63) is 41.6 Å². The molecule has 0 radical (unpaired) electrons. The number of methoxy groups -OCH3 is 1. The number of benzene rings is 1. The Labute approximate surface area is 170 Å². The highest BCUT2D eigenvalue weighted by atomic mass is 16.5. The van der Waals surface area contributed by atoms with Crippen molar-refractivity contribution in [2.75, 3.05) is 31.6 Å². The predicted octanol–water partition coefficient (Wildman–Crippen LogP) is 1.65. The van der Waals surface area contributed by atoms with Gasteiger partial charge in [-0.15, -0.1) is 0 Å². The highest BCUT2D eigenvalue weighted by Gasteiger charge is 2.38. The van der Waals surface area contributed by atoms with Crippen molar-refractivity contribution in [1.29, 1.82) is 0 Å². The Morgan fingerprint density at radius 2 is 2.03 bits per heavy atom. The van der Waals surface area contributed by atoms with Crippen LogP contribution in [0.5, 0.6) is 11.6 Å². The second-order valence-electron chi connectivity index (χ2n) is 7.83. The van der Waals surface area contributed by atoms with Gasteiger partial charge in [0.2, 0.25) is 11.8 Å². The Bertz CT molecular complexity index is 865. The zero-order valence-electron chi connectivity index (χ0n) is 16.5. The fourth-order valence-corrected chi connectivity index (χ4v) is 3.99. The number of rotatable bonds is 7. The van der Waals surface area contributed by atoms with Gasteiger partial charge in [-0.3, -0.25) is 4.79 Å². The third-order valence-electron chi connectivity index (χ3n) is 5.92. The SMILES string of the molecule is COc1ccc(C2CC2NCC2CCN(c3ncc(C(N)=O)c(O)n3)CC2)cc1. The molecule has 0 spiro atoms. The summed E-state index contributed by atoms with van der Waals surface area (Å²) in [5.74, 6) is 1.47. The van der Waals surface area contributed by atoms with Gasteiger partial charge in [-0.1, -0.05) is 12.1 Å². The quantitative estimate of drug-likeness (QED) is 0.651. The number of nitrogens with two attached hydrogens (primary N) is 1. The van der Waals surface area contributed by atoms with Crippen molar-refractivity contribution in [2.45, 2.75) is 31.2 Å². The standard InChI is InChI=1S/C21H27N5O3/c1-29-15-4-2-14(3-5-15)16-10-18(16)23-11-13-6-8-26(9-7-13)21-24-12-17(19(22)27)20(28)25-21/h2-5,12-13,16,18,23H,6-11H2,1H3,(H2,22,27)(H,24,25,28). The van der Waals surface area contributed by atoms with Crippen LogP contribution < -0.4 is 20.7 Å². The Balaban J connectivity index is 1.22. The fraction of sp³-hybridized carbons (Fsp3) is 0.476. The van der Waals surface area contributed by atoms with E-state index in [-0.39, 0.29) is 11.4 Å². The smallest absolute Gasteiger partial charge is 0.255 e. The summed E-state index contributed by atoms with van der Waals surface area (Å²) in [6.45, 7) is 2.67. The molecule has 1 amide bonds. The van der Waals surface area contributed by atoms with Crippen LogP contribution in [0.3, 0.4) is 0 Å². The second-order valence-corrected chi connectivity index (χ2v) is 7.83. The lowest BCUT2D eigenvalue weighted by atomic mass is 9.97. The highest BCUT2D eigenvalue weighted by molar-refractivity contribution is 5.94. The van der Waals surface area contributed by atoms with Gasteiger partial charge >= 0.3 is 0 Å². The number of nitrogens with zero attached hydrogens (tertiary/aromatic N) is 3. The van der Waals surface area contributed by atoms with Crippen molar-refractivity contribution in [3.63, 3.8) is 0 Å². The van der Waals surface area contributed by atoms with E-state index in [2.05, 4.69) is 27.4 Å². The fourth-order valence-electron chi connectivity index (χ4n) is 3.99. The number of carbonyl (C=O) groups excluding carboxylic acids is 1. The summed E-state index contributed by atoms with van der Waals surface area (Å²) >= 11 is 0. The van der Waals surface area contributed by atoms with Gasteiger partial charge in [0.25, 0.3) is 5.91 Å². The van der Waals surface area contributed by atoms with Crippen LogP contribution in [0.15, 0.2) is 30.5 Å². The van der Waals surface area contributed by atoms with Gasteiger partial charge in [-0.05, 0) is 49.4 Å². The monoisotopic (exact) mass is 397 g/mol. The van der Waals surface area contributed by atoms with Crippen LogP contribution in [0.4, 0.5) is 5.95 Å². The van der Waals surface area contributed by atoms with E-state index >= 15 is 0 Å². The molecule has 1 aromatic heterocycles. The van der Waals surface area contributed by atoms with E-state index in [9.17, 15) is 9.90 Å². The molecule has 4 rings (SSSR count). The summed E-state index contributed by atoms with van der Waals surface area (Å²) in [4.78, 5) is 21.4. The maximum absolute atomic E-state index is 11.2. The number of aromatic nitrogens is 2. The molecule has 1 aromatic carbocycles. The number of amides is 1. The van der Waals surface area contributed by atoms with Gasteiger partial charge in [0.15, 0.2) is 0 Å². The van der Waals surface area contributed by atoms with Gasteiger partial charge in [-0.2, -0.15) is 4.98 Å².